The summed E-state index contributed by atoms with van der Waals surface area (Å²) in [7, 11) is 0. The monoisotopic (exact) mass is 395 g/mol. The van der Waals surface area contributed by atoms with Crippen LogP contribution in [0, 0.1) is 6.92 Å². The fourth-order valence-electron chi connectivity index (χ4n) is 2.83. The lowest BCUT2D eigenvalue weighted by molar-refractivity contribution is -0.113. The normalized spacial score (nSPS) is 11.6. The van der Waals surface area contributed by atoms with Gasteiger partial charge in [-0.05, 0) is 41.7 Å². The quantitative estimate of drug-likeness (QED) is 0.704. The number of amides is 1. The predicted molar refractivity (Wildman–Crippen MR) is 116 cm³/mol. The molecule has 28 heavy (non-hydrogen) atoms. The second kappa shape index (κ2) is 8.19. The molecule has 1 aromatic carbocycles. The van der Waals surface area contributed by atoms with Crippen LogP contribution in [0.3, 0.4) is 0 Å². The number of pyridine rings is 1. The zero-order chi connectivity index (χ0) is 20.3. The summed E-state index contributed by atoms with van der Waals surface area (Å²) < 4.78 is 1.54. The van der Waals surface area contributed by atoms with Crippen LogP contribution in [0.25, 0.3) is 5.65 Å². The molecule has 3 rings (SSSR count). The molecule has 2 heterocycles. The van der Waals surface area contributed by atoms with Gasteiger partial charge in [-0.3, -0.25) is 14.0 Å². The van der Waals surface area contributed by atoms with Crippen molar-refractivity contribution >= 4 is 29.0 Å². The van der Waals surface area contributed by atoms with Gasteiger partial charge in [0.05, 0.1) is 11.4 Å². The van der Waals surface area contributed by atoms with Crippen LogP contribution in [0.15, 0.2) is 53.5 Å². The third-order valence-electron chi connectivity index (χ3n) is 4.38. The van der Waals surface area contributed by atoms with Crippen molar-refractivity contribution in [2.75, 3.05) is 11.1 Å². The van der Waals surface area contributed by atoms with Crippen molar-refractivity contribution in [2.45, 2.75) is 38.9 Å². The van der Waals surface area contributed by atoms with Gasteiger partial charge in [0, 0.05) is 23.7 Å². The number of anilines is 1. The van der Waals surface area contributed by atoms with Gasteiger partial charge in [-0.1, -0.05) is 39.0 Å². The lowest BCUT2D eigenvalue weighted by Gasteiger charge is -2.19. The number of rotatable bonds is 5. The summed E-state index contributed by atoms with van der Waals surface area (Å²) in [6.07, 6.45) is 1.78. The minimum Gasteiger partial charge on any atom is -0.325 e. The van der Waals surface area contributed by atoms with Crippen molar-refractivity contribution in [3.05, 3.63) is 75.8 Å². The van der Waals surface area contributed by atoms with Crippen LogP contribution in [0.1, 0.15) is 37.6 Å². The maximum Gasteiger partial charge on any atom is 0.258 e. The fraction of sp³-hybridized carbons (Fsp3) is 0.318. The fourth-order valence-corrected chi connectivity index (χ4v) is 3.55. The predicted octanol–water partition coefficient (Wildman–Crippen LogP) is 4.17. The third-order valence-corrected chi connectivity index (χ3v) is 5.34. The van der Waals surface area contributed by atoms with Crippen LogP contribution in [-0.4, -0.2) is 21.0 Å². The van der Waals surface area contributed by atoms with E-state index in [0.29, 0.717) is 22.8 Å². The molecule has 0 atom stereocenters. The molecule has 0 aliphatic carbocycles. The molecule has 0 spiro atoms. The van der Waals surface area contributed by atoms with E-state index in [1.807, 2.05) is 43.3 Å². The zero-order valence-electron chi connectivity index (χ0n) is 16.7. The Bertz CT molecular complexity index is 1050. The van der Waals surface area contributed by atoms with Crippen molar-refractivity contribution in [3.63, 3.8) is 0 Å². The Morgan fingerprint density at radius 1 is 1.14 bits per heavy atom. The van der Waals surface area contributed by atoms with Gasteiger partial charge >= 0.3 is 0 Å². The van der Waals surface area contributed by atoms with E-state index in [1.54, 1.807) is 6.20 Å². The zero-order valence-corrected chi connectivity index (χ0v) is 17.5. The second-order valence-corrected chi connectivity index (χ2v) is 8.87. The Morgan fingerprint density at radius 2 is 1.86 bits per heavy atom. The third kappa shape index (κ3) is 5.01. The molecule has 3 aromatic rings. The van der Waals surface area contributed by atoms with Gasteiger partial charge in [0.2, 0.25) is 5.91 Å². The number of aromatic nitrogens is 2. The minimum absolute atomic E-state index is 0.0679. The average molecular weight is 396 g/mol. The Labute approximate surface area is 169 Å². The molecule has 1 amide bonds. The van der Waals surface area contributed by atoms with E-state index in [-0.39, 0.29) is 16.9 Å². The first-order valence-corrected chi connectivity index (χ1v) is 10.3. The summed E-state index contributed by atoms with van der Waals surface area (Å²) >= 11 is 1.44. The van der Waals surface area contributed by atoms with Crippen LogP contribution < -0.4 is 10.9 Å². The van der Waals surface area contributed by atoms with Gasteiger partial charge in [-0.15, -0.1) is 11.8 Å². The van der Waals surface area contributed by atoms with Crippen molar-refractivity contribution in [1.29, 1.82) is 0 Å². The first-order chi connectivity index (χ1) is 13.2. The van der Waals surface area contributed by atoms with E-state index in [9.17, 15) is 9.59 Å². The molecule has 0 radical (unpaired) electrons. The van der Waals surface area contributed by atoms with Crippen LogP contribution in [0.2, 0.25) is 0 Å². The van der Waals surface area contributed by atoms with E-state index < -0.39 is 0 Å². The summed E-state index contributed by atoms with van der Waals surface area (Å²) in [5.41, 5.74) is 4.30. The van der Waals surface area contributed by atoms with Crippen molar-refractivity contribution in [2.24, 2.45) is 0 Å². The standard InChI is InChI=1S/C22H25N3O2S/c1-15-5-10-19-23-18(11-21(27)25(19)12-15)13-28-14-20(26)24-17-8-6-16(7-9-17)22(2,3)4/h5-12H,13-14H2,1-4H3,(H,24,26). The molecule has 0 bridgehead atoms. The van der Waals surface area contributed by atoms with E-state index in [1.165, 1.54) is 27.8 Å². The highest BCUT2D eigenvalue weighted by Crippen LogP contribution is 2.23. The number of carbonyl (C=O) groups is 1. The van der Waals surface area contributed by atoms with Gasteiger partial charge in [-0.2, -0.15) is 0 Å². The summed E-state index contributed by atoms with van der Waals surface area (Å²) in [6.45, 7) is 8.41. The van der Waals surface area contributed by atoms with E-state index >= 15 is 0 Å². The average Bonchev–Trinajstić information content (AvgIpc) is 2.62. The van der Waals surface area contributed by atoms with E-state index in [2.05, 4.69) is 31.1 Å². The van der Waals surface area contributed by atoms with Gasteiger partial charge < -0.3 is 5.32 Å². The highest BCUT2D eigenvalue weighted by molar-refractivity contribution is 7.99. The molecule has 1 N–H and O–H groups in total. The van der Waals surface area contributed by atoms with E-state index in [4.69, 9.17) is 0 Å². The van der Waals surface area contributed by atoms with Gasteiger partial charge in [-0.25, -0.2) is 4.98 Å². The largest absolute Gasteiger partial charge is 0.325 e. The first kappa shape index (κ1) is 20.1. The number of aryl methyl sites for hydroxylation is 1. The maximum absolute atomic E-state index is 12.2. The van der Waals surface area contributed by atoms with Crippen LogP contribution >= 0.6 is 11.8 Å². The van der Waals surface area contributed by atoms with Gasteiger partial charge in [0.25, 0.3) is 5.56 Å². The highest BCUT2D eigenvalue weighted by atomic mass is 32.2. The van der Waals surface area contributed by atoms with Crippen LogP contribution in [0.5, 0.6) is 0 Å². The number of hydrogen-bond acceptors (Lipinski definition) is 4. The first-order valence-electron chi connectivity index (χ1n) is 9.19. The van der Waals surface area contributed by atoms with Crippen molar-refractivity contribution in [3.8, 4) is 0 Å². The molecule has 0 aliphatic rings. The second-order valence-electron chi connectivity index (χ2n) is 7.89. The molecule has 5 nitrogen and oxygen atoms in total. The summed E-state index contributed by atoms with van der Waals surface area (Å²) in [6, 6.07) is 13.2. The number of fused-ring (bicyclic) bond motifs is 1. The topological polar surface area (TPSA) is 63.5 Å². The Morgan fingerprint density at radius 3 is 2.54 bits per heavy atom. The molecule has 2 aromatic heterocycles. The van der Waals surface area contributed by atoms with Gasteiger partial charge in [0.1, 0.15) is 5.65 Å². The number of benzene rings is 1. The molecule has 0 saturated carbocycles. The Kier molecular flexibility index (Phi) is 5.89. The summed E-state index contributed by atoms with van der Waals surface area (Å²) in [4.78, 5) is 28.9. The number of nitrogens with one attached hydrogen (secondary N) is 1. The SMILES string of the molecule is Cc1ccc2nc(CSCC(=O)Nc3ccc(C(C)(C)C)cc3)cc(=O)n2c1. The smallest absolute Gasteiger partial charge is 0.258 e. The summed E-state index contributed by atoms with van der Waals surface area (Å²) in [5.74, 6) is 0.744. The van der Waals surface area contributed by atoms with Crippen LogP contribution in [0.4, 0.5) is 5.69 Å². The minimum atomic E-state index is -0.104. The van der Waals surface area contributed by atoms with Crippen molar-refractivity contribution < 1.29 is 4.79 Å². The molecule has 0 fully saturated rings. The molecule has 0 saturated heterocycles. The molecular formula is C22H25N3O2S. The maximum atomic E-state index is 12.2. The number of carbonyl (C=O) groups excluding carboxylic acids is 1. The molecule has 0 aliphatic heterocycles. The van der Waals surface area contributed by atoms with Gasteiger partial charge in [0.15, 0.2) is 0 Å². The Balaban J connectivity index is 1.56. The summed E-state index contributed by atoms with van der Waals surface area (Å²) in [5, 5.41) is 2.91. The van der Waals surface area contributed by atoms with E-state index in [0.717, 1.165) is 11.3 Å². The van der Waals surface area contributed by atoms with Crippen molar-refractivity contribution in [1.82, 2.24) is 9.38 Å². The molecule has 0 unspecified atom stereocenters. The molecular weight excluding hydrogens is 370 g/mol. The molecule has 146 valence electrons. The molecule has 6 heteroatoms. The number of thioether (sulfide) groups is 1. The number of hydrogen-bond donors (Lipinski definition) is 1. The lowest BCUT2D eigenvalue weighted by Crippen LogP contribution is -2.17. The number of nitrogens with zero attached hydrogens (tertiary/aromatic N) is 2. The van der Waals surface area contributed by atoms with Crippen LogP contribution in [-0.2, 0) is 16.0 Å². The lowest BCUT2D eigenvalue weighted by atomic mass is 9.87. The highest BCUT2D eigenvalue weighted by Gasteiger charge is 2.13. The Hall–Kier alpha value is -2.60.